The first kappa shape index (κ1) is 17.4. The predicted molar refractivity (Wildman–Crippen MR) is 92.0 cm³/mol. The third kappa shape index (κ3) is 5.35. The molecule has 2 rings (SSSR count). The van der Waals surface area contributed by atoms with Crippen LogP contribution in [0.15, 0.2) is 52.1 Å². The minimum absolute atomic E-state index is 0.0312. The van der Waals surface area contributed by atoms with Crippen LogP contribution in [0.1, 0.15) is 23.0 Å². The largest absolute Gasteiger partial charge is 0.507 e. The Morgan fingerprint density at radius 2 is 1.92 bits per heavy atom. The Kier molecular flexibility index (Phi) is 6.70. The van der Waals surface area contributed by atoms with Crippen molar-refractivity contribution < 1.29 is 14.3 Å². The molecule has 128 valence electrons. The molecule has 1 aromatic carbocycles. The summed E-state index contributed by atoms with van der Waals surface area (Å²) in [7, 11) is 0. The van der Waals surface area contributed by atoms with E-state index < -0.39 is 0 Å². The molecule has 7 heteroatoms. The molecular formula is C17H22N4O3. The van der Waals surface area contributed by atoms with Crippen LogP contribution in [0.5, 0.6) is 5.75 Å². The number of nitrogens with zero attached hydrogens (tertiary/aromatic N) is 1. The van der Waals surface area contributed by atoms with Crippen LogP contribution in [0.2, 0.25) is 0 Å². The number of nitrogens with one attached hydrogen (secondary N) is 3. The van der Waals surface area contributed by atoms with Crippen LogP contribution in [0.3, 0.4) is 0 Å². The molecule has 2 aromatic rings. The van der Waals surface area contributed by atoms with Crippen molar-refractivity contribution in [2.24, 2.45) is 4.99 Å². The normalized spacial score (nSPS) is 11.1. The van der Waals surface area contributed by atoms with Gasteiger partial charge in [-0.25, -0.2) is 4.99 Å². The highest BCUT2D eigenvalue weighted by atomic mass is 16.3. The molecule has 0 saturated heterocycles. The molecule has 1 heterocycles. The van der Waals surface area contributed by atoms with Gasteiger partial charge in [0.1, 0.15) is 18.1 Å². The average molecular weight is 330 g/mol. The maximum atomic E-state index is 12.0. The molecule has 24 heavy (non-hydrogen) atoms. The van der Waals surface area contributed by atoms with E-state index in [1.165, 1.54) is 6.07 Å². The predicted octanol–water partition coefficient (Wildman–Crippen LogP) is 1.47. The topological polar surface area (TPSA) is 98.9 Å². The third-order valence-corrected chi connectivity index (χ3v) is 3.17. The van der Waals surface area contributed by atoms with Crippen LogP contribution in [0.4, 0.5) is 0 Å². The van der Waals surface area contributed by atoms with Gasteiger partial charge in [0.05, 0.1) is 11.8 Å². The molecule has 0 atom stereocenters. The molecule has 1 amide bonds. The number of phenolic OH excluding ortho intramolecular Hbond substituents is 1. The maximum Gasteiger partial charge on any atom is 0.255 e. The SMILES string of the molecule is CCNC(=NCc1ccco1)NCCNC(=O)c1ccccc1O. The zero-order chi connectivity index (χ0) is 17.2. The van der Waals surface area contributed by atoms with Gasteiger partial charge in [0.25, 0.3) is 5.91 Å². The van der Waals surface area contributed by atoms with Gasteiger partial charge >= 0.3 is 0 Å². The Morgan fingerprint density at radius 1 is 1.12 bits per heavy atom. The third-order valence-electron chi connectivity index (χ3n) is 3.17. The number of para-hydroxylation sites is 1. The molecule has 0 radical (unpaired) electrons. The van der Waals surface area contributed by atoms with Crippen LogP contribution >= 0.6 is 0 Å². The van der Waals surface area contributed by atoms with E-state index in [4.69, 9.17) is 4.42 Å². The number of benzene rings is 1. The molecule has 0 bridgehead atoms. The lowest BCUT2D eigenvalue weighted by atomic mass is 10.2. The second-order valence-electron chi connectivity index (χ2n) is 4.97. The number of hydrogen-bond acceptors (Lipinski definition) is 4. The highest BCUT2D eigenvalue weighted by Crippen LogP contribution is 2.14. The Morgan fingerprint density at radius 3 is 2.62 bits per heavy atom. The zero-order valence-corrected chi connectivity index (χ0v) is 13.6. The number of hydrogen-bond donors (Lipinski definition) is 4. The molecule has 0 spiro atoms. The average Bonchev–Trinajstić information content (AvgIpc) is 3.10. The Balaban J connectivity index is 1.77. The molecule has 0 aliphatic rings. The number of carbonyl (C=O) groups excluding carboxylic acids is 1. The number of carbonyl (C=O) groups is 1. The second kappa shape index (κ2) is 9.24. The molecule has 0 fully saturated rings. The molecule has 0 unspecified atom stereocenters. The van der Waals surface area contributed by atoms with E-state index in [1.54, 1.807) is 24.5 Å². The van der Waals surface area contributed by atoms with Crippen molar-refractivity contribution >= 4 is 11.9 Å². The lowest BCUT2D eigenvalue weighted by Gasteiger charge is -2.12. The van der Waals surface area contributed by atoms with E-state index >= 15 is 0 Å². The Bertz CT molecular complexity index is 668. The second-order valence-corrected chi connectivity index (χ2v) is 4.97. The van der Waals surface area contributed by atoms with Crippen LogP contribution in [-0.4, -0.2) is 36.6 Å². The summed E-state index contributed by atoms with van der Waals surface area (Å²) in [4.78, 5) is 16.4. The summed E-state index contributed by atoms with van der Waals surface area (Å²) in [6.45, 7) is 4.05. The summed E-state index contributed by atoms with van der Waals surface area (Å²) >= 11 is 0. The molecule has 0 aliphatic carbocycles. The number of aromatic hydroxyl groups is 1. The van der Waals surface area contributed by atoms with Gasteiger partial charge < -0.3 is 25.5 Å². The summed E-state index contributed by atoms with van der Waals surface area (Å²) < 4.78 is 5.24. The van der Waals surface area contributed by atoms with Gasteiger partial charge in [0.2, 0.25) is 0 Å². The minimum atomic E-state index is -0.313. The first-order valence-corrected chi connectivity index (χ1v) is 7.81. The Labute approximate surface area is 140 Å². The fourth-order valence-corrected chi connectivity index (χ4v) is 2.02. The Hall–Kier alpha value is -2.96. The van der Waals surface area contributed by atoms with Crippen LogP contribution in [0.25, 0.3) is 0 Å². The van der Waals surface area contributed by atoms with Crippen molar-refractivity contribution in [1.29, 1.82) is 0 Å². The summed E-state index contributed by atoms with van der Waals surface area (Å²) in [6.07, 6.45) is 1.61. The standard InChI is InChI=1S/C17H22N4O3/c1-2-18-17(21-12-13-6-5-11-24-13)20-10-9-19-16(23)14-7-3-4-8-15(14)22/h3-8,11,22H,2,9-10,12H2,1H3,(H,19,23)(H2,18,20,21). The molecular weight excluding hydrogens is 308 g/mol. The first-order valence-electron chi connectivity index (χ1n) is 7.81. The van der Waals surface area contributed by atoms with E-state index in [9.17, 15) is 9.90 Å². The number of rotatable bonds is 7. The smallest absolute Gasteiger partial charge is 0.255 e. The fraction of sp³-hybridized carbons (Fsp3) is 0.294. The van der Waals surface area contributed by atoms with Gasteiger partial charge in [-0.15, -0.1) is 0 Å². The lowest BCUT2D eigenvalue weighted by molar-refractivity contribution is 0.0951. The van der Waals surface area contributed by atoms with Crippen molar-refractivity contribution in [2.75, 3.05) is 19.6 Å². The van der Waals surface area contributed by atoms with Crippen molar-refractivity contribution in [2.45, 2.75) is 13.5 Å². The summed E-state index contributed by atoms with van der Waals surface area (Å²) in [6, 6.07) is 10.1. The van der Waals surface area contributed by atoms with Gasteiger partial charge in [0.15, 0.2) is 5.96 Å². The number of amides is 1. The number of phenols is 1. The highest BCUT2D eigenvalue weighted by molar-refractivity contribution is 5.96. The maximum absolute atomic E-state index is 12.0. The zero-order valence-electron chi connectivity index (χ0n) is 13.6. The number of guanidine groups is 1. The van der Waals surface area contributed by atoms with Crippen LogP contribution in [-0.2, 0) is 6.54 Å². The van der Waals surface area contributed by atoms with E-state index in [0.717, 1.165) is 12.3 Å². The van der Waals surface area contributed by atoms with Crippen molar-refractivity contribution in [1.82, 2.24) is 16.0 Å². The van der Waals surface area contributed by atoms with Gasteiger partial charge in [-0.05, 0) is 31.2 Å². The van der Waals surface area contributed by atoms with E-state index in [-0.39, 0.29) is 17.2 Å². The monoisotopic (exact) mass is 330 g/mol. The first-order chi connectivity index (χ1) is 11.7. The van der Waals surface area contributed by atoms with E-state index in [2.05, 4.69) is 20.9 Å². The summed E-state index contributed by atoms with van der Waals surface area (Å²) in [5.74, 6) is 1.08. The number of furan rings is 1. The minimum Gasteiger partial charge on any atom is -0.507 e. The van der Waals surface area contributed by atoms with Gasteiger partial charge in [-0.2, -0.15) is 0 Å². The summed E-state index contributed by atoms with van der Waals surface area (Å²) in [5, 5.41) is 18.6. The van der Waals surface area contributed by atoms with Crippen LogP contribution in [0, 0.1) is 0 Å². The van der Waals surface area contributed by atoms with Crippen molar-refractivity contribution in [3.05, 3.63) is 54.0 Å². The van der Waals surface area contributed by atoms with Crippen molar-refractivity contribution in [3.63, 3.8) is 0 Å². The quantitative estimate of drug-likeness (QED) is 0.350. The molecule has 4 N–H and O–H groups in total. The van der Waals surface area contributed by atoms with Crippen molar-refractivity contribution in [3.8, 4) is 5.75 Å². The van der Waals surface area contributed by atoms with Gasteiger partial charge in [-0.3, -0.25) is 4.79 Å². The highest BCUT2D eigenvalue weighted by Gasteiger charge is 2.09. The molecule has 7 nitrogen and oxygen atoms in total. The van der Waals surface area contributed by atoms with Gasteiger partial charge in [0, 0.05) is 19.6 Å². The molecule has 0 saturated carbocycles. The van der Waals surface area contributed by atoms with Crippen LogP contribution < -0.4 is 16.0 Å². The van der Waals surface area contributed by atoms with E-state index in [0.29, 0.717) is 25.6 Å². The lowest BCUT2D eigenvalue weighted by Crippen LogP contribution is -2.41. The molecule has 0 aliphatic heterocycles. The molecule has 1 aromatic heterocycles. The van der Waals surface area contributed by atoms with E-state index in [1.807, 2.05) is 19.1 Å². The van der Waals surface area contributed by atoms with Gasteiger partial charge in [-0.1, -0.05) is 12.1 Å². The fourth-order valence-electron chi connectivity index (χ4n) is 2.02. The number of aliphatic imine (C=N–C) groups is 1. The summed E-state index contributed by atoms with van der Waals surface area (Å²) in [5.41, 5.74) is 0.260.